The van der Waals surface area contributed by atoms with Crippen molar-refractivity contribution in [1.82, 2.24) is 4.98 Å². The van der Waals surface area contributed by atoms with Gasteiger partial charge in [-0.3, -0.25) is 4.72 Å². The maximum absolute atomic E-state index is 14.6. The van der Waals surface area contributed by atoms with Crippen LogP contribution in [0.25, 0.3) is 0 Å². The average molecular weight is 448 g/mol. The standard InChI is InChI=1S/C17H19ClFN3O4S2/c1-16-17(2-5-25-16,3-6-26-16)10-21-13-9-12(19)14(8-11(13)18)28(23,24)22-15-20-4-7-27-15/h4,7-9,21H,2-3,5-6,10H2,1H3,(H,20,22). The van der Waals surface area contributed by atoms with Gasteiger partial charge in [-0.15, -0.1) is 11.3 Å². The van der Waals surface area contributed by atoms with E-state index < -0.39 is 26.5 Å². The summed E-state index contributed by atoms with van der Waals surface area (Å²) < 4.78 is 53.3. The van der Waals surface area contributed by atoms with Crippen molar-refractivity contribution in [2.75, 3.05) is 29.8 Å². The predicted molar refractivity (Wildman–Crippen MR) is 105 cm³/mol. The van der Waals surface area contributed by atoms with Crippen LogP contribution >= 0.6 is 22.9 Å². The molecule has 11 heteroatoms. The largest absolute Gasteiger partial charge is 0.383 e. The Morgan fingerprint density at radius 2 is 2.04 bits per heavy atom. The normalized spacial score (nSPS) is 27.0. The van der Waals surface area contributed by atoms with Crippen LogP contribution < -0.4 is 10.0 Å². The molecule has 28 heavy (non-hydrogen) atoms. The highest BCUT2D eigenvalue weighted by Crippen LogP contribution is 2.51. The molecule has 2 fully saturated rings. The minimum absolute atomic E-state index is 0.108. The summed E-state index contributed by atoms with van der Waals surface area (Å²) in [6.45, 7) is 3.59. The van der Waals surface area contributed by atoms with Crippen LogP contribution in [0.4, 0.5) is 15.2 Å². The van der Waals surface area contributed by atoms with E-state index in [2.05, 4.69) is 15.0 Å². The van der Waals surface area contributed by atoms with Gasteiger partial charge in [-0.1, -0.05) is 11.6 Å². The molecule has 0 atom stereocenters. The van der Waals surface area contributed by atoms with Gasteiger partial charge in [0.2, 0.25) is 0 Å². The van der Waals surface area contributed by atoms with Crippen LogP contribution in [0.15, 0.2) is 28.6 Å². The van der Waals surface area contributed by atoms with Gasteiger partial charge < -0.3 is 14.8 Å². The Hall–Kier alpha value is -1.46. The minimum Gasteiger partial charge on any atom is -0.383 e. The predicted octanol–water partition coefficient (Wildman–Crippen LogP) is 3.69. The Balaban J connectivity index is 1.55. The Morgan fingerprint density at radius 1 is 1.32 bits per heavy atom. The number of hydrogen-bond acceptors (Lipinski definition) is 7. The number of sulfonamides is 1. The smallest absolute Gasteiger partial charge is 0.266 e. The third-order valence-electron chi connectivity index (χ3n) is 5.46. The summed E-state index contributed by atoms with van der Waals surface area (Å²) in [4.78, 5) is 3.31. The first kappa shape index (κ1) is 19.8. The molecule has 1 aromatic carbocycles. The van der Waals surface area contributed by atoms with E-state index in [4.69, 9.17) is 21.1 Å². The lowest BCUT2D eigenvalue weighted by atomic mass is 9.78. The van der Waals surface area contributed by atoms with E-state index in [9.17, 15) is 12.8 Å². The van der Waals surface area contributed by atoms with Gasteiger partial charge in [0.15, 0.2) is 10.9 Å². The van der Waals surface area contributed by atoms with Gasteiger partial charge >= 0.3 is 0 Å². The van der Waals surface area contributed by atoms with E-state index in [1.54, 1.807) is 5.38 Å². The van der Waals surface area contributed by atoms with Crippen LogP contribution in [0, 0.1) is 11.2 Å². The zero-order chi connectivity index (χ0) is 20.0. The van der Waals surface area contributed by atoms with E-state index in [1.807, 2.05) is 6.92 Å². The number of nitrogens with one attached hydrogen (secondary N) is 2. The zero-order valence-corrected chi connectivity index (χ0v) is 17.4. The molecule has 2 aliphatic heterocycles. The van der Waals surface area contributed by atoms with Crippen LogP contribution in [-0.2, 0) is 19.5 Å². The highest BCUT2D eigenvalue weighted by molar-refractivity contribution is 7.93. The molecule has 2 aromatic rings. The van der Waals surface area contributed by atoms with Gasteiger partial charge in [0, 0.05) is 23.5 Å². The van der Waals surface area contributed by atoms with E-state index >= 15 is 0 Å². The Morgan fingerprint density at radius 3 is 2.68 bits per heavy atom. The number of aromatic nitrogens is 1. The van der Waals surface area contributed by atoms with Gasteiger partial charge in [0.1, 0.15) is 10.7 Å². The van der Waals surface area contributed by atoms with Crippen LogP contribution in [0.3, 0.4) is 0 Å². The Kier molecular flexibility index (Phi) is 5.03. The lowest BCUT2D eigenvalue weighted by molar-refractivity contribution is -0.201. The van der Waals surface area contributed by atoms with Crippen molar-refractivity contribution >= 4 is 43.8 Å². The molecule has 4 rings (SSSR count). The monoisotopic (exact) mass is 447 g/mol. The van der Waals surface area contributed by atoms with Crippen LogP contribution in [0.2, 0.25) is 5.02 Å². The SMILES string of the molecule is CC12OCCC1(CNc1cc(F)c(S(=O)(=O)Nc3nccs3)cc1Cl)CCO2. The first-order chi connectivity index (χ1) is 13.2. The molecule has 0 radical (unpaired) electrons. The third-order valence-corrected chi connectivity index (χ3v) is 7.95. The fraction of sp³-hybridized carbons (Fsp3) is 0.471. The highest BCUT2D eigenvalue weighted by Gasteiger charge is 2.57. The van der Waals surface area contributed by atoms with E-state index in [0.717, 1.165) is 36.3 Å². The molecule has 2 saturated heterocycles. The summed E-state index contributed by atoms with van der Waals surface area (Å²) in [5, 5.41) is 5.02. The second-order valence-electron chi connectivity index (χ2n) is 6.98. The molecule has 152 valence electrons. The number of rotatable bonds is 6. The summed E-state index contributed by atoms with van der Waals surface area (Å²) in [6.07, 6.45) is 3.09. The van der Waals surface area contributed by atoms with E-state index in [0.29, 0.717) is 25.4 Å². The number of hydrogen-bond donors (Lipinski definition) is 2. The number of benzene rings is 1. The summed E-state index contributed by atoms with van der Waals surface area (Å²) in [5.74, 6) is -1.58. The summed E-state index contributed by atoms with van der Waals surface area (Å²) >= 11 is 7.35. The molecule has 0 saturated carbocycles. The molecule has 0 unspecified atom stereocenters. The van der Waals surface area contributed by atoms with E-state index in [1.165, 1.54) is 6.20 Å². The van der Waals surface area contributed by atoms with E-state index in [-0.39, 0.29) is 15.6 Å². The number of thiazole rings is 1. The van der Waals surface area contributed by atoms with Gasteiger partial charge in [0.05, 0.1) is 23.9 Å². The van der Waals surface area contributed by atoms with Crippen molar-refractivity contribution in [3.63, 3.8) is 0 Å². The zero-order valence-electron chi connectivity index (χ0n) is 15.0. The molecule has 0 amide bonds. The molecule has 3 heterocycles. The molecule has 0 spiro atoms. The van der Waals surface area contributed by atoms with Gasteiger partial charge in [-0.05, 0) is 31.9 Å². The number of nitrogens with zero attached hydrogens (tertiary/aromatic N) is 1. The molecular weight excluding hydrogens is 429 g/mol. The highest BCUT2D eigenvalue weighted by atomic mass is 35.5. The third kappa shape index (κ3) is 3.37. The maximum Gasteiger partial charge on any atom is 0.266 e. The summed E-state index contributed by atoms with van der Waals surface area (Å²) in [6, 6.07) is 2.20. The second kappa shape index (κ2) is 7.10. The number of halogens is 2. The average Bonchev–Trinajstić information content (AvgIpc) is 3.30. The molecule has 0 bridgehead atoms. The molecule has 0 aliphatic carbocycles. The molecule has 7 nitrogen and oxygen atoms in total. The van der Waals surface area contributed by atoms with Crippen molar-refractivity contribution in [2.24, 2.45) is 5.41 Å². The first-order valence-corrected chi connectivity index (χ1v) is 11.4. The van der Waals surface area contributed by atoms with Crippen LogP contribution in [0.5, 0.6) is 0 Å². The van der Waals surface area contributed by atoms with Gasteiger partial charge in [-0.2, -0.15) is 0 Å². The van der Waals surface area contributed by atoms with Crippen LogP contribution in [0.1, 0.15) is 19.8 Å². The topological polar surface area (TPSA) is 89.5 Å². The van der Waals surface area contributed by atoms with Crippen molar-refractivity contribution in [3.05, 3.63) is 34.5 Å². The lowest BCUT2D eigenvalue weighted by Crippen LogP contribution is -2.43. The number of ether oxygens (including phenoxy) is 2. The van der Waals surface area contributed by atoms with Crippen LogP contribution in [-0.4, -0.2) is 38.9 Å². The number of fused-ring (bicyclic) bond motifs is 1. The van der Waals surface area contributed by atoms with Crippen molar-refractivity contribution in [3.8, 4) is 0 Å². The van der Waals surface area contributed by atoms with Crippen molar-refractivity contribution in [1.29, 1.82) is 0 Å². The van der Waals surface area contributed by atoms with Crippen molar-refractivity contribution in [2.45, 2.75) is 30.4 Å². The first-order valence-electron chi connectivity index (χ1n) is 8.68. The Bertz CT molecular complexity index is 975. The molecule has 2 N–H and O–H groups in total. The quantitative estimate of drug-likeness (QED) is 0.702. The lowest BCUT2D eigenvalue weighted by Gasteiger charge is -2.35. The number of anilines is 2. The fourth-order valence-electron chi connectivity index (χ4n) is 3.72. The van der Waals surface area contributed by atoms with Gasteiger partial charge in [-0.25, -0.2) is 17.8 Å². The Labute approximate surface area is 171 Å². The van der Waals surface area contributed by atoms with Crippen molar-refractivity contribution < 1.29 is 22.3 Å². The van der Waals surface area contributed by atoms with Gasteiger partial charge in [0.25, 0.3) is 10.0 Å². The fourth-order valence-corrected chi connectivity index (χ4v) is 5.90. The molecule has 1 aromatic heterocycles. The summed E-state index contributed by atoms with van der Waals surface area (Å²) in [7, 11) is -4.14. The molecule has 2 aliphatic rings. The molecular formula is C17H19ClFN3O4S2. The minimum atomic E-state index is -4.14. The summed E-state index contributed by atoms with van der Waals surface area (Å²) in [5.41, 5.74) is 0.0899. The maximum atomic E-state index is 14.6. The second-order valence-corrected chi connectivity index (χ2v) is 9.93.